The molecule has 0 amide bonds. The molecule has 0 saturated carbocycles. The van der Waals surface area contributed by atoms with Gasteiger partial charge in [-0.05, 0) is 53.9 Å². The molecule has 0 aliphatic rings. The summed E-state index contributed by atoms with van der Waals surface area (Å²) in [5.74, 6) is 0.417. The minimum atomic E-state index is -0.847. The Morgan fingerprint density at radius 3 is 2.31 bits per heavy atom. The van der Waals surface area contributed by atoms with Crippen LogP contribution in [-0.4, -0.2) is 24.3 Å². The second-order valence-corrected chi connectivity index (χ2v) is 9.01. The number of pyridine rings is 1. The quantitative estimate of drug-likeness (QED) is 0.250. The molecule has 0 fully saturated rings. The summed E-state index contributed by atoms with van der Waals surface area (Å²) in [7, 11) is 3.17. The van der Waals surface area contributed by atoms with E-state index in [0.717, 1.165) is 38.6 Å². The fourth-order valence-electron chi connectivity index (χ4n) is 4.58. The molecule has 0 bridgehead atoms. The van der Waals surface area contributed by atoms with Crippen LogP contribution in [0, 0.1) is 0 Å². The van der Waals surface area contributed by atoms with Crippen molar-refractivity contribution >= 4 is 22.4 Å². The lowest BCUT2D eigenvalue weighted by molar-refractivity contribution is 0.157. The van der Waals surface area contributed by atoms with Crippen molar-refractivity contribution < 1.29 is 14.6 Å². The topological polar surface area (TPSA) is 51.6 Å². The molecule has 1 heterocycles. The normalized spacial score (nSPS) is 13.7. The summed E-state index contributed by atoms with van der Waals surface area (Å²) in [5, 5.41) is 14.7. The fourth-order valence-corrected chi connectivity index (χ4v) is 4.70. The van der Waals surface area contributed by atoms with Gasteiger partial charge < -0.3 is 14.6 Å². The zero-order valence-electron chi connectivity index (χ0n) is 20.9. The van der Waals surface area contributed by atoms with E-state index in [1.54, 1.807) is 14.2 Å². The van der Waals surface area contributed by atoms with E-state index in [1.807, 2.05) is 92.7 Å². The Morgan fingerprint density at radius 2 is 1.61 bits per heavy atom. The lowest BCUT2D eigenvalue weighted by atomic mass is 9.82. The maximum atomic E-state index is 11.9. The van der Waals surface area contributed by atoms with Crippen LogP contribution in [0.2, 0.25) is 5.02 Å². The zero-order chi connectivity index (χ0) is 25.7. The Balaban J connectivity index is 1.96. The van der Waals surface area contributed by atoms with Crippen molar-refractivity contribution in [1.82, 2.24) is 4.98 Å². The van der Waals surface area contributed by atoms with E-state index in [2.05, 4.69) is 12.1 Å². The maximum absolute atomic E-state index is 11.9. The van der Waals surface area contributed by atoms with E-state index >= 15 is 0 Å². The smallest absolute Gasteiger partial charge is 0.224 e. The number of aliphatic hydroxyl groups excluding tert-OH is 1. The molecular formula is C31H30ClNO3. The van der Waals surface area contributed by atoms with Crippen LogP contribution in [0.3, 0.4) is 0 Å². The Kier molecular flexibility index (Phi) is 8.09. The lowest BCUT2D eigenvalue weighted by Gasteiger charge is -2.27. The van der Waals surface area contributed by atoms with Crippen molar-refractivity contribution in [2.24, 2.45) is 0 Å². The van der Waals surface area contributed by atoms with Crippen molar-refractivity contribution in [1.29, 1.82) is 0 Å². The molecule has 1 aromatic heterocycles. The minimum Gasteiger partial charge on any atom is -0.481 e. The number of methoxy groups -OCH3 is 2. The van der Waals surface area contributed by atoms with Gasteiger partial charge in [-0.2, -0.15) is 4.98 Å². The van der Waals surface area contributed by atoms with Gasteiger partial charge in [0, 0.05) is 22.1 Å². The van der Waals surface area contributed by atoms with Gasteiger partial charge in [-0.1, -0.05) is 90.0 Å². The molecule has 0 aliphatic heterocycles. The van der Waals surface area contributed by atoms with Gasteiger partial charge >= 0.3 is 0 Å². The molecule has 1 N–H and O–H groups in total. The van der Waals surface area contributed by atoms with Crippen LogP contribution < -0.4 is 9.47 Å². The summed E-state index contributed by atoms with van der Waals surface area (Å²) < 4.78 is 11.4. The van der Waals surface area contributed by atoms with Gasteiger partial charge in [0.25, 0.3) is 0 Å². The standard InChI is InChI=1S/C31H30ClNO3/c1-5-6-10-20(2)28(29(34)25-14-9-12-21-11-7-8-13-24(21)25)27-19-26(22-15-17-23(32)18-16-22)30(35-3)33-31(27)36-4/h5-19,28-29,34H,1-4H3/b6-5-,20-10+. The SMILES string of the molecule is C/C=C\C=C(/C)C(c1cc(-c2ccc(Cl)cc2)c(OC)nc1OC)C(O)c1cccc2ccccc12. The maximum Gasteiger partial charge on any atom is 0.224 e. The number of hydrogen-bond donors (Lipinski definition) is 1. The summed E-state index contributed by atoms with van der Waals surface area (Å²) >= 11 is 6.14. The molecule has 4 rings (SSSR count). The fraction of sp³-hybridized carbons (Fsp3) is 0.194. The second kappa shape index (κ2) is 11.4. The highest BCUT2D eigenvalue weighted by Gasteiger charge is 2.30. The largest absolute Gasteiger partial charge is 0.481 e. The number of aliphatic hydroxyl groups is 1. The van der Waals surface area contributed by atoms with Gasteiger partial charge in [-0.15, -0.1) is 0 Å². The highest BCUT2D eigenvalue weighted by molar-refractivity contribution is 6.30. The van der Waals surface area contributed by atoms with E-state index in [0.29, 0.717) is 16.8 Å². The molecule has 3 aromatic carbocycles. The third-order valence-corrected chi connectivity index (χ3v) is 6.61. The molecule has 36 heavy (non-hydrogen) atoms. The first kappa shape index (κ1) is 25.5. The van der Waals surface area contributed by atoms with Gasteiger partial charge in [0.1, 0.15) is 0 Å². The summed E-state index contributed by atoms with van der Waals surface area (Å²) in [6.45, 7) is 3.98. The lowest BCUT2D eigenvalue weighted by Crippen LogP contribution is -2.15. The van der Waals surface area contributed by atoms with E-state index in [-0.39, 0.29) is 0 Å². The first-order chi connectivity index (χ1) is 17.5. The highest BCUT2D eigenvalue weighted by atomic mass is 35.5. The van der Waals surface area contributed by atoms with Gasteiger partial charge in [-0.25, -0.2) is 0 Å². The van der Waals surface area contributed by atoms with Crippen LogP contribution in [0.4, 0.5) is 0 Å². The summed E-state index contributed by atoms with van der Waals surface area (Å²) in [5.41, 5.74) is 4.28. The number of fused-ring (bicyclic) bond motifs is 1. The third-order valence-electron chi connectivity index (χ3n) is 6.36. The summed E-state index contributed by atoms with van der Waals surface area (Å²) in [6.07, 6.45) is 5.11. The third kappa shape index (κ3) is 5.15. The average Bonchev–Trinajstić information content (AvgIpc) is 2.91. The summed E-state index contributed by atoms with van der Waals surface area (Å²) in [6, 6.07) is 23.6. The Hall–Kier alpha value is -3.60. The van der Waals surface area contributed by atoms with Crippen LogP contribution in [0.15, 0.2) is 96.6 Å². The van der Waals surface area contributed by atoms with Crippen LogP contribution >= 0.6 is 11.6 Å². The number of allylic oxidation sites excluding steroid dienone is 3. The van der Waals surface area contributed by atoms with E-state index in [1.165, 1.54) is 0 Å². The molecule has 184 valence electrons. The zero-order valence-corrected chi connectivity index (χ0v) is 21.7. The number of benzene rings is 3. The number of rotatable bonds is 8. The molecule has 0 aliphatic carbocycles. The van der Waals surface area contributed by atoms with Gasteiger partial charge in [0.05, 0.1) is 20.3 Å². The molecule has 0 radical (unpaired) electrons. The number of ether oxygens (including phenoxy) is 2. The van der Waals surface area contributed by atoms with Crippen LogP contribution in [0.5, 0.6) is 11.8 Å². The van der Waals surface area contributed by atoms with Gasteiger partial charge in [0.2, 0.25) is 11.8 Å². The predicted molar refractivity (Wildman–Crippen MR) is 148 cm³/mol. The Labute approximate surface area is 217 Å². The Morgan fingerprint density at radius 1 is 0.917 bits per heavy atom. The van der Waals surface area contributed by atoms with Crippen LogP contribution in [0.1, 0.15) is 37.0 Å². The van der Waals surface area contributed by atoms with E-state index in [4.69, 9.17) is 26.1 Å². The van der Waals surface area contributed by atoms with Gasteiger partial charge in [-0.3, -0.25) is 0 Å². The molecule has 0 saturated heterocycles. The molecule has 4 nitrogen and oxygen atoms in total. The number of halogens is 1. The predicted octanol–water partition coefficient (Wildman–Crippen LogP) is 7.91. The number of nitrogens with zero attached hydrogens (tertiary/aromatic N) is 1. The van der Waals surface area contributed by atoms with Crippen molar-refractivity contribution in [3.05, 3.63) is 113 Å². The van der Waals surface area contributed by atoms with Crippen molar-refractivity contribution in [2.45, 2.75) is 25.9 Å². The molecule has 5 heteroatoms. The number of aromatic nitrogens is 1. The molecule has 0 spiro atoms. The monoisotopic (exact) mass is 499 g/mol. The first-order valence-corrected chi connectivity index (χ1v) is 12.2. The van der Waals surface area contributed by atoms with E-state index in [9.17, 15) is 5.11 Å². The van der Waals surface area contributed by atoms with Crippen molar-refractivity contribution in [3.8, 4) is 22.9 Å². The minimum absolute atomic E-state index is 0.405. The average molecular weight is 500 g/mol. The van der Waals surface area contributed by atoms with Gasteiger partial charge in [0.15, 0.2) is 0 Å². The molecular weight excluding hydrogens is 470 g/mol. The first-order valence-electron chi connectivity index (χ1n) is 11.8. The van der Waals surface area contributed by atoms with Crippen LogP contribution in [0.25, 0.3) is 21.9 Å². The van der Waals surface area contributed by atoms with Crippen molar-refractivity contribution in [3.63, 3.8) is 0 Å². The number of hydrogen-bond acceptors (Lipinski definition) is 4. The molecule has 2 unspecified atom stereocenters. The van der Waals surface area contributed by atoms with Crippen molar-refractivity contribution in [2.75, 3.05) is 14.2 Å². The molecule has 2 atom stereocenters. The van der Waals surface area contributed by atoms with E-state index < -0.39 is 12.0 Å². The second-order valence-electron chi connectivity index (χ2n) is 8.58. The highest BCUT2D eigenvalue weighted by Crippen LogP contribution is 2.45. The van der Waals surface area contributed by atoms with Crippen LogP contribution in [-0.2, 0) is 0 Å². The summed E-state index contributed by atoms with van der Waals surface area (Å²) in [4.78, 5) is 4.70. The molecule has 4 aromatic rings. The Bertz CT molecular complexity index is 1400.